The van der Waals surface area contributed by atoms with Crippen LogP contribution in [0.5, 0.6) is 6.01 Å². The van der Waals surface area contributed by atoms with Gasteiger partial charge in [-0.25, -0.2) is 4.98 Å². The predicted molar refractivity (Wildman–Crippen MR) is 147 cm³/mol. The second-order valence-corrected chi connectivity index (χ2v) is 10.7. The van der Waals surface area contributed by atoms with Gasteiger partial charge in [-0.15, -0.1) is 0 Å². The van der Waals surface area contributed by atoms with Crippen LogP contribution in [0.2, 0.25) is 5.02 Å². The number of nitrogens with one attached hydrogen (secondary N) is 1. The third-order valence-corrected chi connectivity index (χ3v) is 7.80. The van der Waals surface area contributed by atoms with E-state index in [1.165, 1.54) is 19.1 Å². The maximum atomic E-state index is 14.1. The minimum absolute atomic E-state index is 0.0471. The summed E-state index contributed by atoms with van der Waals surface area (Å²) < 4.78 is 48.4. The lowest BCUT2D eigenvalue weighted by Crippen LogP contribution is -2.51. The first-order chi connectivity index (χ1) is 19.0. The van der Waals surface area contributed by atoms with E-state index in [1.807, 2.05) is 11.9 Å². The Hall–Kier alpha value is -3.40. The first-order valence-electron chi connectivity index (χ1n) is 13.1. The summed E-state index contributed by atoms with van der Waals surface area (Å²) in [5.41, 5.74) is 4.97. The number of ether oxygens (including phenoxy) is 1. The predicted octanol–water partition coefficient (Wildman–Crippen LogP) is 4.42. The number of alkyl halides is 3. The second-order valence-electron chi connectivity index (χ2n) is 10.3. The van der Waals surface area contributed by atoms with Crippen molar-refractivity contribution < 1.29 is 17.9 Å². The lowest BCUT2D eigenvalue weighted by Gasteiger charge is -2.34. The van der Waals surface area contributed by atoms with Crippen molar-refractivity contribution in [1.29, 1.82) is 5.26 Å². The van der Waals surface area contributed by atoms with E-state index in [9.17, 15) is 18.4 Å². The summed E-state index contributed by atoms with van der Waals surface area (Å²) in [6, 6.07) is 6.72. The molecule has 0 spiro atoms. The number of hydrogen-bond donors (Lipinski definition) is 2. The topological polar surface area (TPSA) is 116 Å². The molecule has 3 N–H and O–H groups in total. The van der Waals surface area contributed by atoms with Gasteiger partial charge in [-0.1, -0.05) is 11.6 Å². The fourth-order valence-corrected chi connectivity index (χ4v) is 5.73. The number of aryl methyl sites for hydroxylation is 1. The molecule has 2 aliphatic rings. The van der Waals surface area contributed by atoms with Crippen LogP contribution in [-0.2, 0) is 6.18 Å². The number of anilines is 2. The van der Waals surface area contributed by atoms with Crippen molar-refractivity contribution in [2.24, 2.45) is 0 Å². The molecular formula is C27H30ClF3N8O. The van der Waals surface area contributed by atoms with E-state index in [0.29, 0.717) is 49.4 Å². The Kier molecular flexibility index (Phi) is 7.90. The highest BCUT2D eigenvalue weighted by Crippen LogP contribution is 2.43. The maximum Gasteiger partial charge on any atom is 0.418 e. The van der Waals surface area contributed by atoms with Crippen LogP contribution in [0.15, 0.2) is 18.2 Å². The number of hydrogen-bond acceptors (Lipinski definition) is 9. The Balaban J connectivity index is 1.64. The monoisotopic (exact) mass is 574 g/mol. The van der Waals surface area contributed by atoms with E-state index < -0.39 is 11.7 Å². The number of benzene rings is 1. The lowest BCUT2D eigenvalue weighted by atomic mass is 9.99. The molecule has 0 amide bonds. The van der Waals surface area contributed by atoms with E-state index in [4.69, 9.17) is 27.1 Å². The van der Waals surface area contributed by atoms with Gasteiger partial charge in [0.1, 0.15) is 18.2 Å². The highest BCUT2D eigenvalue weighted by atomic mass is 35.5. The molecule has 2 unspecified atom stereocenters. The standard InChI is InChI=1S/C27H30ClF3N8O/c1-15-10-22(33)36-24(23(15)27(29,30)31)18-12-21-19(11-20(18)28)25(39-9-7-34-16(13-39)5-6-32)37-26(35-21)40-14-17-4-3-8-38(17)2/h10-12,16-17,34H,3-5,7-9,13-14H2,1-2H3,(H2,33,36). The number of likely N-dealkylation sites (tertiary alicyclic amines) is 1. The Labute approximate surface area is 235 Å². The van der Waals surface area contributed by atoms with Gasteiger partial charge in [-0.3, -0.25) is 0 Å². The molecule has 212 valence electrons. The summed E-state index contributed by atoms with van der Waals surface area (Å²) in [6.07, 6.45) is -2.29. The number of nitrogens with zero attached hydrogens (tertiary/aromatic N) is 6. The zero-order chi connectivity index (χ0) is 28.6. The van der Waals surface area contributed by atoms with E-state index in [-0.39, 0.29) is 45.8 Å². The molecular weight excluding hydrogens is 545 g/mol. The van der Waals surface area contributed by atoms with Crippen molar-refractivity contribution in [1.82, 2.24) is 25.2 Å². The smallest absolute Gasteiger partial charge is 0.418 e. The first kappa shape index (κ1) is 28.1. The average Bonchev–Trinajstić information content (AvgIpc) is 3.30. The molecule has 0 aliphatic carbocycles. The molecule has 9 nitrogen and oxygen atoms in total. The highest BCUT2D eigenvalue weighted by Gasteiger charge is 2.37. The highest BCUT2D eigenvalue weighted by molar-refractivity contribution is 6.34. The lowest BCUT2D eigenvalue weighted by molar-refractivity contribution is -0.137. The van der Waals surface area contributed by atoms with Crippen LogP contribution in [0.3, 0.4) is 0 Å². The minimum Gasteiger partial charge on any atom is -0.462 e. The molecule has 0 radical (unpaired) electrons. The molecule has 13 heteroatoms. The third kappa shape index (κ3) is 5.73. The summed E-state index contributed by atoms with van der Waals surface area (Å²) in [4.78, 5) is 17.6. The van der Waals surface area contributed by atoms with Gasteiger partial charge >= 0.3 is 12.2 Å². The molecule has 0 bridgehead atoms. The Morgan fingerprint density at radius 2 is 2.02 bits per heavy atom. The van der Waals surface area contributed by atoms with Crippen LogP contribution in [0.25, 0.3) is 22.2 Å². The van der Waals surface area contributed by atoms with E-state index in [2.05, 4.69) is 26.3 Å². The molecule has 5 rings (SSSR count). The first-order valence-corrected chi connectivity index (χ1v) is 13.5. The number of piperazine rings is 1. The zero-order valence-electron chi connectivity index (χ0n) is 22.2. The van der Waals surface area contributed by atoms with E-state index in [1.54, 1.807) is 6.07 Å². The third-order valence-electron chi connectivity index (χ3n) is 7.49. The fourth-order valence-electron chi connectivity index (χ4n) is 5.48. The number of fused-ring (bicyclic) bond motifs is 1. The number of nitrogen functional groups attached to an aromatic ring is 1. The number of likely N-dealkylation sites (N-methyl/N-ethyl adjacent to an activating group) is 1. The van der Waals surface area contributed by atoms with Gasteiger partial charge in [0, 0.05) is 42.7 Å². The maximum absolute atomic E-state index is 14.1. The quantitative estimate of drug-likeness (QED) is 0.441. The van der Waals surface area contributed by atoms with Crippen LogP contribution in [0.4, 0.5) is 24.8 Å². The SMILES string of the molecule is Cc1cc(N)nc(-c2cc3nc(OCC4CCCN4C)nc(N4CCNC(CC#N)C4)c3cc2Cl)c1C(F)(F)F. The van der Waals surface area contributed by atoms with Crippen molar-refractivity contribution >= 4 is 34.1 Å². The van der Waals surface area contributed by atoms with Crippen molar-refractivity contribution in [2.75, 3.05) is 50.5 Å². The Bertz CT molecular complexity index is 1460. The average molecular weight is 575 g/mol. The molecule has 3 aromatic rings. The van der Waals surface area contributed by atoms with Crippen molar-refractivity contribution in [3.05, 3.63) is 34.3 Å². The summed E-state index contributed by atoms with van der Waals surface area (Å²) in [5.74, 6) is 0.500. The number of aromatic nitrogens is 3. The van der Waals surface area contributed by atoms with Crippen molar-refractivity contribution in [2.45, 2.75) is 44.4 Å². The molecule has 2 saturated heterocycles. The van der Waals surface area contributed by atoms with Gasteiger partial charge in [-0.2, -0.15) is 28.4 Å². The van der Waals surface area contributed by atoms with Gasteiger partial charge in [0.2, 0.25) is 0 Å². The number of nitriles is 1. The largest absolute Gasteiger partial charge is 0.462 e. The zero-order valence-corrected chi connectivity index (χ0v) is 23.0. The van der Waals surface area contributed by atoms with Gasteiger partial charge in [0.15, 0.2) is 0 Å². The minimum atomic E-state index is -4.67. The molecule has 2 fully saturated rings. The summed E-state index contributed by atoms with van der Waals surface area (Å²) in [5, 5.41) is 13.2. The summed E-state index contributed by atoms with van der Waals surface area (Å²) >= 11 is 6.64. The number of rotatable bonds is 6. The van der Waals surface area contributed by atoms with Gasteiger partial charge in [0.05, 0.1) is 34.3 Å². The van der Waals surface area contributed by atoms with Gasteiger partial charge < -0.3 is 25.6 Å². The molecule has 2 atom stereocenters. The molecule has 2 aliphatic heterocycles. The van der Waals surface area contributed by atoms with Crippen LogP contribution in [0.1, 0.15) is 30.4 Å². The molecule has 4 heterocycles. The molecule has 0 saturated carbocycles. The number of pyridine rings is 1. The Morgan fingerprint density at radius 3 is 2.73 bits per heavy atom. The molecule has 1 aromatic carbocycles. The van der Waals surface area contributed by atoms with Crippen molar-refractivity contribution in [3.63, 3.8) is 0 Å². The van der Waals surface area contributed by atoms with E-state index >= 15 is 0 Å². The van der Waals surface area contributed by atoms with Crippen LogP contribution in [0, 0.1) is 18.3 Å². The molecule has 40 heavy (non-hydrogen) atoms. The van der Waals surface area contributed by atoms with Crippen molar-refractivity contribution in [3.8, 4) is 23.3 Å². The van der Waals surface area contributed by atoms with Crippen LogP contribution in [-0.4, -0.2) is 71.8 Å². The fraction of sp³-hybridized carbons (Fsp3) is 0.481. The van der Waals surface area contributed by atoms with Crippen LogP contribution >= 0.6 is 11.6 Å². The normalized spacial score (nSPS) is 20.2. The summed E-state index contributed by atoms with van der Waals surface area (Å²) in [6.45, 7) is 4.45. The summed E-state index contributed by atoms with van der Waals surface area (Å²) in [7, 11) is 2.04. The van der Waals surface area contributed by atoms with Gasteiger partial charge in [0.25, 0.3) is 0 Å². The molecule has 2 aromatic heterocycles. The Morgan fingerprint density at radius 1 is 1.23 bits per heavy atom. The van der Waals surface area contributed by atoms with Gasteiger partial charge in [-0.05, 0) is 57.1 Å². The second kappa shape index (κ2) is 11.2. The number of halogens is 4. The number of nitrogens with two attached hydrogens (primary N) is 1. The van der Waals surface area contributed by atoms with E-state index in [0.717, 1.165) is 19.4 Å². The van der Waals surface area contributed by atoms with Crippen LogP contribution < -0.4 is 20.7 Å².